The largest absolute Gasteiger partial charge is 0.399 e. The van der Waals surface area contributed by atoms with Crippen molar-refractivity contribution < 1.29 is 4.79 Å². The van der Waals surface area contributed by atoms with Gasteiger partial charge in [-0.15, -0.1) is 0 Å². The maximum atomic E-state index is 12.0. The summed E-state index contributed by atoms with van der Waals surface area (Å²) in [5.41, 5.74) is 10.9. The first-order valence-corrected chi connectivity index (χ1v) is 6.96. The van der Waals surface area contributed by atoms with Crippen LogP contribution in [0.3, 0.4) is 0 Å². The summed E-state index contributed by atoms with van der Waals surface area (Å²) >= 11 is 5.97. The highest BCUT2D eigenvalue weighted by Crippen LogP contribution is 2.13. The first kappa shape index (κ1) is 15.1. The summed E-state index contributed by atoms with van der Waals surface area (Å²) in [6.07, 6.45) is 0.683. The highest BCUT2D eigenvalue weighted by molar-refractivity contribution is 6.31. The third-order valence-electron chi connectivity index (χ3n) is 2.96. The van der Waals surface area contributed by atoms with E-state index in [1.54, 1.807) is 30.3 Å². The summed E-state index contributed by atoms with van der Waals surface area (Å²) in [5, 5.41) is 4.82. The van der Waals surface area contributed by atoms with Gasteiger partial charge in [-0.3, -0.25) is 4.79 Å². The molecule has 2 aromatic carbocycles. The highest BCUT2D eigenvalue weighted by Gasteiger charge is 2.06. The SMILES string of the molecule is CCC(=NNC(=O)c1ccc(N)cc1)c1cccc(Cl)c1. The average molecular weight is 302 g/mol. The normalized spacial score (nSPS) is 11.2. The van der Waals surface area contributed by atoms with Crippen LogP contribution in [0.5, 0.6) is 0 Å². The van der Waals surface area contributed by atoms with Gasteiger partial charge in [-0.2, -0.15) is 5.10 Å². The molecule has 0 aliphatic rings. The van der Waals surface area contributed by atoms with Gasteiger partial charge in [0.2, 0.25) is 0 Å². The molecule has 0 atom stereocenters. The topological polar surface area (TPSA) is 67.5 Å². The van der Waals surface area contributed by atoms with Crippen LogP contribution in [-0.2, 0) is 0 Å². The van der Waals surface area contributed by atoms with E-state index in [1.807, 2.05) is 25.1 Å². The second-order valence-electron chi connectivity index (χ2n) is 4.49. The van der Waals surface area contributed by atoms with E-state index in [0.29, 0.717) is 22.7 Å². The third-order valence-corrected chi connectivity index (χ3v) is 3.19. The molecule has 0 bridgehead atoms. The van der Waals surface area contributed by atoms with Crippen molar-refractivity contribution in [2.45, 2.75) is 13.3 Å². The van der Waals surface area contributed by atoms with Crippen LogP contribution in [0.15, 0.2) is 53.6 Å². The van der Waals surface area contributed by atoms with Crippen molar-refractivity contribution in [2.75, 3.05) is 5.73 Å². The Bertz CT molecular complexity index is 665. The number of hydrogen-bond donors (Lipinski definition) is 2. The van der Waals surface area contributed by atoms with Gasteiger partial charge in [0.05, 0.1) is 5.71 Å². The molecule has 0 saturated heterocycles. The molecule has 108 valence electrons. The number of anilines is 1. The minimum absolute atomic E-state index is 0.275. The molecule has 0 spiro atoms. The highest BCUT2D eigenvalue weighted by atomic mass is 35.5. The van der Waals surface area contributed by atoms with Gasteiger partial charge in [0.25, 0.3) is 5.91 Å². The summed E-state index contributed by atoms with van der Waals surface area (Å²) in [7, 11) is 0. The van der Waals surface area contributed by atoms with Gasteiger partial charge >= 0.3 is 0 Å². The van der Waals surface area contributed by atoms with Gasteiger partial charge in [-0.1, -0.05) is 30.7 Å². The van der Waals surface area contributed by atoms with Crippen LogP contribution in [0.4, 0.5) is 5.69 Å². The third kappa shape index (κ3) is 4.07. The van der Waals surface area contributed by atoms with Crippen molar-refractivity contribution in [2.24, 2.45) is 5.10 Å². The zero-order valence-corrected chi connectivity index (χ0v) is 12.4. The van der Waals surface area contributed by atoms with Gasteiger partial charge in [0.1, 0.15) is 0 Å². The Labute approximate surface area is 128 Å². The van der Waals surface area contributed by atoms with Crippen LogP contribution in [-0.4, -0.2) is 11.6 Å². The maximum Gasteiger partial charge on any atom is 0.271 e. The van der Waals surface area contributed by atoms with Crippen molar-refractivity contribution in [3.63, 3.8) is 0 Å². The quantitative estimate of drug-likeness (QED) is 0.516. The van der Waals surface area contributed by atoms with E-state index in [0.717, 1.165) is 11.3 Å². The fraction of sp³-hybridized carbons (Fsp3) is 0.125. The van der Waals surface area contributed by atoms with Crippen LogP contribution >= 0.6 is 11.6 Å². The molecular weight excluding hydrogens is 286 g/mol. The average Bonchev–Trinajstić information content (AvgIpc) is 2.48. The molecule has 0 aliphatic carbocycles. The number of benzene rings is 2. The Balaban J connectivity index is 2.14. The Morgan fingerprint density at radius 2 is 1.90 bits per heavy atom. The van der Waals surface area contributed by atoms with Gasteiger partial charge in [-0.25, -0.2) is 5.43 Å². The summed E-state index contributed by atoms with van der Waals surface area (Å²) in [6.45, 7) is 1.97. The standard InChI is InChI=1S/C16H16ClN3O/c1-2-15(12-4-3-5-13(17)10-12)19-20-16(21)11-6-8-14(18)9-7-11/h3-10H,2,18H2,1H3,(H,20,21). The summed E-state index contributed by atoms with van der Waals surface area (Å²) in [5.74, 6) is -0.275. The molecule has 0 saturated carbocycles. The second kappa shape index (κ2) is 6.90. The number of hydrazone groups is 1. The van der Waals surface area contributed by atoms with Crippen LogP contribution < -0.4 is 11.2 Å². The van der Waals surface area contributed by atoms with Gasteiger partial charge in [0, 0.05) is 16.3 Å². The lowest BCUT2D eigenvalue weighted by atomic mass is 10.1. The Morgan fingerprint density at radius 1 is 1.19 bits per heavy atom. The molecule has 0 radical (unpaired) electrons. The number of nitrogens with two attached hydrogens (primary N) is 1. The van der Waals surface area contributed by atoms with Crippen molar-refractivity contribution in [3.8, 4) is 0 Å². The first-order chi connectivity index (χ1) is 10.1. The molecule has 0 aromatic heterocycles. The van der Waals surface area contributed by atoms with E-state index in [-0.39, 0.29) is 5.91 Å². The number of nitrogens with one attached hydrogen (secondary N) is 1. The van der Waals surface area contributed by atoms with Crippen LogP contribution in [0.1, 0.15) is 29.3 Å². The predicted molar refractivity (Wildman–Crippen MR) is 86.6 cm³/mol. The van der Waals surface area contributed by atoms with Crippen molar-refractivity contribution >= 4 is 28.9 Å². The molecule has 21 heavy (non-hydrogen) atoms. The lowest BCUT2D eigenvalue weighted by Crippen LogP contribution is -2.20. The van der Waals surface area contributed by atoms with E-state index >= 15 is 0 Å². The number of hydrogen-bond acceptors (Lipinski definition) is 3. The monoisotopic (exact) mass is 301 g/mol. The van der Waals surface area contributed by atoms with E-state index in [2.05, 4.69) is 10.5 Å². The minimum atomic E-state index is -0.275. The molecule has 2 aromatic rings. The molecule has 2 rings (SSSR count). The lowest BCUT2D eigenvalue weighted by molar-refractivity contribution is 0.0955. The van der Waals surface area contributed by atoms with Crippen molar-refractivity contribution in [3.05, 3.63) is 64.7 Å². The molecule has 1 amide bonds. The van der Waals surface area contributed by atoms with Crippen molar-refractivity contribution in [1.82, 2.24) is 5.43 Å². The minimum Gasteiger partial charge on any atom is -0.399 e. The van der Waals surface area contributed by atoms with Crippen molar-refractivity contribution in [1.29, 1.82) is 0 Å². The van der Waals surface area contributed by atoms with Gasteiger partial charge in [0.15, 0.2) is 0 Å². The van der Waals surface area contributed by atoms with Crippen LogP contribution in [0.25, 0.3) is 0 Å². The lowest BCUT2D eigenvalue weighted by Gasteiger charge is -2.06. The van der Waals surface area contributed by atoms with Crippen LogP contribution in [0.2, 0.25) is 5.02 Å². The number of halogens is 1. The summed E-state index contributed by atoms with van der Waals surface area (Å²) in [6, 6.07) is 14.0. The number of nitrogens with zero attached hydrogens (tertiary/aromatic N) is 1. The number of nitrogen functional groups attached to an aromatic ring is 1. The fourth-order valence-electron chi connectivity index (χ4n) is 1.83. The number of carbonyl (C=O) groups is 1. The van der Waals surface area contributed by atoms with Gasteiger partial charge in [-0.05, 0) is 48.4 Å². The van der Waals surface area contributed by atoms with E-state index < -0.39 is 0 Å². The Morgan fingerprint density at radius 3 is 2.52 bits per heavy atom. The van der Waals surface area contributed by atoms with E-state index in [9.17, 15) is 4.79 Å². The molecule has 5 heteroatoms. The molecule has 0 aliphatic heterocycles. The number of carbonyl (C=O) groups excluding carboxylic acids is 1. The Hall–Kier alpha value is -2.33. The fourth-order valence-corrected chi connectivity index (χ4v) is 2.02. The Kier molecular flexibility index (Phi) is 4.95. The molecular formula is C16H16ClN3O. The number of rotatable bonds is 4. The second-order valence-corrected chi connectivity index (χ2v) is 4.92. The molecule has 3 N–H and O–H groups in total. The smallest absolute Gasteiger partial charge is 0.271 e. The molecule has 0 unspecified atom stereocenters. The van der Waals surface area contributed by atoms with E-state index in [4.69, 9.17) is 17.3 Å². The maximum absolute atomic E-state index is 12.0. The molecule has 0 heterocycles. The van der Waals surface area contributed by atoms with E-state index in [1.165, 1.54) is 0 Å². The number of amides is 1. The van der Waals surface area contributed by atoms with Gasteiger partial charge < -0.3 is 5.73 Å². The first-order valence-electron chi connectivity index (χ1n) is 6.58. The zero-order chi connectivity index (χ0) is 15.2. The zero-order valence-electron chi connectivity index (χ0n) is 11.6. The van der Waals surface area contributed by atoms with Crippen LogP contribution in [0, 0.1) is 0 Å². The molecule has 0 fully saturated rings. The predicted octanol–water partition coefficient (Wildman–Crippen LogP) is 3.47. The summed E-state index contributed by atoms with van der Waals surface area (Å²) in [4.78, 5) is 12.0. The molecule has 4 nitrogen and oxygen atoms in total. The summed E-state index contributed by atoms with van der Waals surface area (Å²) < 4.78 is 0.